The highest BCUT2D eigenvalue weighted by Gasteiger charge is 2.20. The van der Waals surface area contributed by atoms with Gasteiger partial charge in [0.05, 0.1) is 31.3 Å². The van der Waals surface area contributed by atoms with Gasteiger partial charge in [-0.1, -0.05) is 17.9 Å². The van der Waals surface area contributed by atoms with E-state index in [1.165, 1.54) is 0 Å². The van der Waals surface area contributed by atoms with Crippen molar-refractivity contribution in [2.24, 2.45) is 0 Å². The predicted octanol–water partition coefficient (Wildman–Crippen LogP) is 2.82. The van der Waals surface area contributed by atoms with Crippen LogP contribution in [0.25, 0.3) is 16.6 Å². The van der Waals surface area contributed by atoms with E-state index in [4.69, 9.17) is 20.2 Å². The third-order valence-electron chi connectivity index (χ3n) is 5.84. The zero-order valence-electron chi connectivity index (χ0n) is 19.2. The summed E-state index contributed by atoms with van der Waals surface area (Å²) in [4.78, 5) is 14.8. The molecule has 3 heterocycles. The van der Waals surface area contributed by atoms with Crippen molar-refractivity contribution in [1.82, 2.24) is 19.9 Å². The molecule has 8 heteroatoms. The zero-order chi connectivity index (χ0) is 23.4. The summed E-state index contributed by atoms with van der Waals surface area (Å²) >= 11 is 0. The number of fused-ring (bicyclic) bond motifs is 1. The Labute approximate surface area is 193 Å². The molecule has 8 nitrogen and oxygen atoms in total. The van der Waals surface area contributed by atoms with E-state index in [1.54, 1.807) is 26.5 Å². The number of likely N-dealkylation sites (tertiary alicyclic amines) is 1. The van der Waals surface area contributed by atoms with Crippen LogP contribution < -0.4 is 15.2 Å². The van der Waals surface area contributed by atoms with E-state index in [9.17, 15) is 5.11 Å². The summed E-state index contributed by atoms with van der Waals surface area (Å²) < 4.78 is 10.6. The molecule has 0 saturated carbocycles. The number of aromatic amines is 1. The van der Waals surface area contributed by atoms with Gasteiger partial charge < -0.3 is 25.3 Å². The van der Waals surface area contributed by atoms with E-state index in [-0.39, 0.29) is 6.10 Å². The smallest absolute Gasteiger partial charge is 0.160 e. The number of nitrogen functional groups attached to an aromatic ring is 1. The number of rotatable bonds is 5. The van der Waals surface area contributed by atoms with Gasteiger partial charge >= 0.3 is 0 Å². The van der Waals surface area contributed by atoms with Crippen LogP contribution in [-0.4, -0.2) is 64.9 Å². The fraction of sp³-hybridized carbons (Fsp3) is 0.360. The zero-order valence-corrected chi connectivity index (χ0v) is 19.2. The van der Waals surface area contributed by atoms with Crippen molar-refractivity contribution in [3.63, 3.8) is 0 Å². The van der Waals surface area contributed by atoms with Crippen molar-refractivity contribution < 1.29 is 14.6 Å². The van der Waals surface area contributed by atoms with Gasteiger partial charge in [-0.05, 0) is 31.9 Å². The first-order valence-electron chi connectivity index (χ1n) is 11.0. The molecule has 0 amide bonds. The highest BCUT2D eigenvalue weighted by Crippen LogP contribution is 2.26. The maximum atomic E-state index is 9.75. The maximum absolute atomic E-state index is 9.75. The Morgan fingerprint density at radius 3 is 2.52 bits per heavy atom. The molecule has 1 aromatic carbocycles. The standard InChI is InChI=1S/C25H29N5O3/c1-4-17(15-30-9-7-19(31)8-10-30)24-28-23(26)22-18(14-27-25(22)29-24)6-5-16-11-20(32-2)13-21(12-16)33-3/h4,11-14,19,31H,7-10,15H2,1-3H3,(H3,26,27,28,29). The van der Waals surface area contributed by atoms with Crippen LogP contribution in [0.2, 0.25) is 0 Å². The van der Waals surface area contributed by atoms with Gasteiger partial charge in [-0.3, -0.25) is 4.90 Å². The van der Waals surface area contributed by atoms with Crippen LogP contribution in [0.5, 0.6) is 11.5 Å². The first-order chi connectivity index (χ1) is 16.0. The average molecular weight is 448 g/mol. The van der Waals surface area contributed by atoms with Crippen molar-refractivity contribution in [1.29, 1.82) is 0 Å². The quantitative estimate of drug-likeness (QED) is 0.516. The number of methoxy groups -OCH3 is 2. The van der Waals surface area contributed by atoms with E-state index >= 15 is 0 Å². The lowest BCUT2D eigenvalue weighted by Crippen LogP contribution is -2.36. The number of aliphatic hydroxyl groups excluding tert-OH is 1. The minimum absolute atomic E-state index is 0.199. The molecule has 3 aromatic rings. The molecule has 1 fully saturated rings. The number of anilines is 1. The normalized spacial score (nSPS) is 15.3. The summed E-state index contributed by atoms with van der Waals surface area (Å²) in [7, 11) is 3.21. The summed E-state index contributed by atoms with van der Waals surface area (Å²) in [6.45, 7) is 4.41. The van der Waals surface area contributed by atoms with Crippen LogP contribution in [0.15, 0.2) is 30.5 Å². The number of ether oxygens (including phenoxy) is 2. The first kappa shape index (κ1) is 22.6. The number of benzene rings is 1. The first-order valence-corrected chi connectivity index (χ1v) is 11.0. The summed E-state index contributed by atoms with van der Waals surface area (Å²) in [5.41, 5.74) is 9.50. The molecule has 0 atom stereocenters. The topological polar surface area (TPSA) is 110 Å². The second kappa shape index (κ2) is 9.94. The lowest BCUT2D eigenvalue weighted by molar-refractivity contribution is 0.0888. The van der Waals surface area contributed by atoms with Crippen LogP contribution in [0.3, 0.4) is 0 Å². The summed E-state index contributed by atoms with van der Waals surface area (Å²) in [6, 6.07) is 5.50. The molecule has 0 bridgehead atoms. The van der Waals surface area contributed by atoms with Crippen molar-refractivity contribution >= 4 is 22.4 Å². The Morgan fingerprint density at radius 2 is 1.88 bits per heavy atom. The fourth-order valence-electron chi connectivity index (χ4n) is 3.93. The summed E-state index contributed by atoms with van der Waals surface area (Å²) in [6.07, 6.45) is 5.19. The molecule has 33 heavy (non-hydrogen) atoms. The Morgan fingerprint density at radius 1 is 1.18 bits per heavy atom. The number of piperidine rings is 1. The second-order valence-corrected chi connectivity index (χ2v) is 8.03. The molecule has 4 N–H and O–H groups in total. The van der Waals surface area contributed by atoms with Gasteiger partial charge in [0.25, 0.3) is 0 Å². The molecule has 1 aliphatic rings. The lowest BCUT2D eigenvalue weighted by atomic mass is 10.1. The molecule has 1 saturated heterocycles. The van der Waals surface area contributed by atoms with Crippen molar-refractivity contribution in [3.8, 4) is 23.3 Å². The number of nitrogens with zero attached hydrogens (tertiary/aromatic N) is 3. The molecule has 0 spiro atoms. The van der Waals surface area contributed by atoms with Gasteiger partial charge in [0.2, 0.25) is 0 Å². The maximum Gasteiger partial charge on any atom is 0.160 e. The minimum atomic E-state index is -0.199. The van der Waals surface area contributed by atoms with Crippen LogP contribution in [-0.2, 0) is 0 Å². The van der Waals surface area contributed by atoms with Crippen LogP contribution in [0.4, 0.5) is 5.82 Å². The Kier molecular flexibility index (Phi) is 6.82. The minimum Gasteiger partial charge on any atom is -0.497 e. The SMILES string of the molecule is CC=C(CN1CCC(O)CC1)c1nc(N)c2c(C#Cc3cc(OC)cc(OC)c3)c[nH]c2n1. The summed E-state index contributed by atoms with van der Waals surface area (Å²) in [5, 5.41) is 10.5. The van der Waals surface area contributed by atoms with Crippen molar-refractivity contribution in [2.75, 3.05) is 39.6 Å². The molecular weight excluding hydrogens is 418 g/mol. The Hall–Kier alpha value is -3.54. The van der Waals surface area contributed by atoms with Crippen molar-refractivity contribution in [2.45, 2.75) is 25.9 Å². The third kappa shape index (κ3) is 5.11. The molecule has 4 rings (SSSR count). The van der Waals surface area contributed by atoms with Gasteiger partial charge in [0.15, 0.2) is 5.82 Å². The number of aromatic nitrogens is 3. The van der Waals surface area contributed by atoms with Gasteiger partial charge in [-0.15, -0.1) is 0 Å². The molecule has 172 valence electrons. The monoisotopic (exact) mass is 447 g/mol. The van der Waals surface area contributed by atoms with Crippen molar-refractivity contribution in [3.05, 3.63) is 47.4 Å². The van der Waals surface area contributed by atoms with E-state index in [0.717, 1.165) is 49.2 Å². The number of H-pyrrole nitrogens is 1. The average Bonchev–Trinajstić information content (AvgIpc) is 3.25. The number of nitrogens with one attached hydrogen (secondary N) is 1. The molecule has 0 unspecified atom stereocenters. The molecule has 0 radical (unpaired) electrons. The number of allylic oxidation sites excluding steroid dienone is 1. The van der Waals surface area contributed by atoms with E-state index in [1.807, 2.05) is 25.1 Å². The van der Waals surface area contributed by atoms with Crippen LogP contribution >= 0.6 is 0 Å². The van der Waals surface area contributed by atoms with E-state index in [2.05, 4.69) is 26.7 Å². The third-order valence-corrected chi connectivity index (χ3v) is 5.84. The molecule has 0 aliphatic carbocycles. The number of nitrogens with two attached hydrogens (primary N) is 1. The summed E-state index contributed by atoms with van der Waals surface area (Å²) in [5.74, 6) is 8.64. The predicted molar refractivity (Wildman–Crippen MR) is 129 cm³/mol. The molecule has 2 aromatic heterocycles. The van der Waals surface area contributed by atoms with Gasteiger partial charge in [-0.2, -0.15) is 0 Å². The van der Waals surface area contributed by atoms with Gasteiger partial charge in [0, 0.05) is 43.0 Å². The van der Waals surface area contributed by atoms with Gasteiger partial charge in [0.1, 0.15) is 23.0 Å². The highest BCUT2D eigenvalue weighted by atomic mass is 16.5. The number of hydrogen-bond acceptors (Lipinski definition) is 7. The molecule has 1 aliphatic heterocycles. The lowest BCUT2D eigenvalue weighted by Gasteiger charge is -2.29. The van der Waals surface area contributed by atoms with Crippen LogP contribution in [0, 0.1) is 11.8 Å². The second-order valence-electron chi connectivity index (χ2n) is 8.03. The highest BCUT2D eigenvalue weighted by molar-refractivity contribution is 5.93. The fourth-order valence-corrected chi connectivity index (χ4v) is 3.93. The van der Waals surface area contributed by atoms with E-state index in [0.29, 0.717) is 34.2 Å². The largest absolute Gasteiger partial charge is 0.497 e. The molecular formula is C25H29N5O3. The van der Waals surface area contributed by atoms with Crippen LogP contribution in [0.1, 0.15) is 36.7 Å². The van der Waals surface area contributed by atoms with Gasteiger partial charge in [-0.25, -0.2) is 9.97 Å². The Balaban J connectivity index is 1.61. The number of aliphatic hydroxyl groups is 1. The Bertz CT molecular complexity index is 1210. The number of hydrogen-bond donors (Lipinski definition) is 3. The van der Waals surface area contributed by atoms with E-state index < -0.39 is 0 Å².